The molecule has 0 spiro atoms. The Morgan fingerprint density at radius 2 is 1.79 bits per heavy atom. The molecule has 1 aliphatic carbocycles. The van der Waals surface area contributed by atoms with Crippen LogP contribution in [0.5, 0.6) is 0 Å². The molecule has 4 nitrogen and oxygen atoms in total. The fourth-order valence-corrected chi connectivity index (χ4v) is 1.66. The van der Waals surface area contributed by atoms with Gasteiger partial charge in [-0.15, -0.1) is 0 Å². The largest absolute Gasteiger partial charge is 0.450 e. The Labute approximate surface area is 114 Å². The van der Waals surface area contributed by atoms with E-state index in [-0.39, 0.29) is 4.48 Å². The van der Waals surface area contributed by atoms with Gasteiger partial charge in [-0.05, 0) is 26.8 Å². The van der Waals surface area contributed by atoms with E-state index in [0.717, 1.165) is 5.70 Å². The molecule has 4 heteroatoms. The molecule has 0 aromatic heterocycles. The number of nitrogens with zero attached hydrogens (tertiary/aromatic N) is 1. The van der Waals surface area contributed by atoms with Crippen LogP contribution in [0.2, 0.25) is 0 Å². The Morgan fingerprint density at radius 3 is 2.37 bits per heavy atom. The van der Waals surface area contributed by atoms with Crippen molar-refractivity contribution in [2.24, 2.45) is 0 Å². The molecule has 0 N–H and O–H groups in total. The van der Waals surface area contributed by atoms with Gasteiger partial charge in [0.2, 0.25) is 0 Å². The number of carbonyl (C=O) groups excluding carboxylic acids is 2. The van der Waals surface area contributed by atoms with E-state index in [9.17, 15) is 9.59 Å². The molecule has 1 rings (SSSR count). The second-order valence-electron chi connectivity index (χ2n) is 5.94. The van der Waals surface area contributed by atoms with Crippen LogP contribution in [0.15, 0.2) is 36.1 Å². The quantitative estimate of drug-likeness (QED) is 0.415. The first-order chi connectivity index (χ1) is 8.64. The van der Waals surface area contributed by atoms with Gasteiger partial charge in [-0.2, -0.15) is 0 Å². The van der Waals surface area contributed by atoms with Crippen molar-refractivity contribution < 1.29 is 18.8 Å². The third-order valence-electron chi connectivity index (χ3n) is 2.77. The first-order valence-electron chi connectivity index (χ1n) is 6.29. The summed E-state index contributed by atoms with van der Waals surface area (Å²) in [5.41, 5.74) is 0.186. The summed E-state index contributed by atoms with van der Waals surface area (Å²) in [4.78, 5) is 24.1. The molecule has 104 valence electrons. The van der Waals surface area contributed by atoms with Crippen LogP contribution in [0.1, 0.15) is 27.2 Å². The molecule has 0 atom stereocenters. The van der Waals surface area contributed by atoms with Crippen LogP contribution < -0.4 is 0 Å². The minimum atomic E-state index is -0.796. The number of allylic oxidation sites excluding steroid dienone is 5. The van der Waals surface area contributed by atoms with Gasteiger partial charge in [-0.25, -0.2) is 14.1 Å². The molecule has 19 heavy (non-hydrogen) atoms. The summed E-state index contributed by atoms with van der Waals surface area (Å²) >= 11 is 0. The molecule has 0 aliphatic heterocycles. The molecule has 0 radical (unpaired) electrons. The van der Waals surface area contributed by atoms with E-state index < -0.39 is 17.5 Å². The smallest absolute Gasteiger partial charge is 0.438 e. The number of ether oxygens (including phenoxy) is 1. The van der Waals surface area contributed by atoms with Gasteiger partial charge in [-0.3, -0.25) is 0 Å². The number of rotatable bonds is 1. The molecule has 0 fully saturated rings. The van der Waals surface area contributed by atoms with Crippen molar-refractivity contribution in [3.63, 3.8) is 0 Å². The molecule has 0 saturated heterocycles. The minimum absolute atomic E-state index is 0.121. The Bertz CT molecular complexity index is 462. The van der Waals surface area contributed by atoms with Gasteiger partial charge in [-0.1, -0.05) is 24.3 Å². The first kappa shape index (κ1) is 15.4. The van der Waals surface area contributed by atoms with Crippen molar-refractivity contribution in [2.75, 3.05) is 14.1 Å². The lowest BCUT2D eigenvalue weighted by Gasteiger charge is -2.28. The zero-order valence-electron chi connectivity index (χ0n) is 12.3. The maximum Gasteiger partial charge on any atom is 0.438 e. The SMILES string of the molecule is CC(C)(C)OC(=O)C(=O)[N+](C)(C)C1=CC=CC=CC1. The molecular weight excluding hydrogens is 242 g/mol. The van der Waals surface area contributed by atoms with Crippen LogP contribution in [0.3, 0.4) is 0 Å². The standard InChI is InChI=1S/C15H22NO3/c1-15(2,3)19-14(18)13(17)16(4,5)12-10-8-6-7-9-11-12/h6-10H,11H2,1-5H3/q+1. The van der Waals surface area contributed by atoms with Gasteiger partial charge < -0.3 is 4.74 Å². The van der Waals surface area contributed by atoms with Crippen molar-refractivity contribution in [2.45, 2.75) is 32.8 Å². The monoisotopic (exact) mass is 264 g/mol. The zero-order chi connectivity index (χ0) is 14.7. The van der Waals surface area contributed by atoms with Gasteiger partial charge in [0.25, 0.3) is 0 Å². The number of quaternary nitrogens is 1. The molecule has 1 aliphatic rings. The summed E-state index contributed by atoms with van der Waals surface area (Å²) in [7, 11) is 3.40. The Kier molecular flexibility index (Phi) is 4.48. The van der Waals surface area contributed by atoms with Crippen LogP contribution in [-0.2, 0) is 14.3 Å². The van der Waals surface area contributed by atoms with Crippen molar-refractivity contribution in [3.05, 3.63) is 36.1 Å². The third-order valence-corrected chi connectivity index (χ3v) is 2.77. The summed E-state index contributed by atoms with van der Waals surface area (Å²) in [6, 6.07) is 0. The summed E-state index contributed by atoms with van der Waals surface area (Å²) in [5, 5.41) is 0. The minimum Gasteiger partial charge on any atom is -0.450 e. The summed E-state index contributed by atoms with van der Waals surface area (Å²) in [6.07, 6.45) is 10.1. The van der Waals surface area contributed by atoms with E-state index in [0.29, 0.717) is 6.42 Å². The molecule has 0 bridgehead atoms. The highest BCUT2D eigenvalue weighted by Crippen LogP contribution is 2.20. The van der Waals surface area contributed by atoms with E-state index in [1.807, 2.05) is 30.4 Å². The average Bonchev–Trinajstić information content (AvgIpc) is 2.54. The Hall–Kier alpha value is -1.68. The predicted molar refractivity (Wildman–Crippen MR) is 73.9 cm³/mol. The second-order valence-corrected chi connectivity index (χ2v) is 5.94. The van der Waals surface area contributed by atoms with Crippen LogP contribution >= 0.6 is 0 Å². The molecule has 0 aromatic rings. The fourth-order valence-electron chi connectivity index (χ4n) is 1.66. The van der Waals surface area contributed by atoms with Crippen LogP contribution in [0, 0.1) is 0 Å². The number of likely N-dealkylation sites (N-methyl/N-ethyl adjacent to an activating group) is 1. The van der Waals surface area contributed by atoms with E-state index in [4.69, 9.17) is 4.74 Å². The zero-order valence-corrected chi connectivity index (χ0v) is 12.3. The molecule has 0 unspecified atom stereocenters. The lowest BCUT2D eigenvalue weighted by Crippen LogP contribution is -2.50. The topological polar surface area (TPSA) is 43.4 Å². The van der Waals surface area contributed by atoms with Crippen LogP contribution in [0.4, 0.5) is 0 Å². The van der Waals surface area contributed by atoms with Crippen molar-refractivity contribution in [1.82, 2.24) is 0 Å². The van der Waals surface area contributed by atoms with E-state index in [1.165, 1.54) is 0 Å². The first-order valence-corrected chi connectivity index (χ1v) is 6.29. The Morgan fingerprint density at radius 1 is 1.16 bits per heavy atom. The van der Waals surface area contributed by atoms with Gasteiger partial charge in [0.15, 0.2) is 0 Å². The molecule has 0 heterocycles. The highest BCUT2D eigenvalue weighted by atomic mass is 16.6. The van der Waals surface area contributed by atoms with Crippen molar-refractivity contribution >= 4 is 11.9 Å². The summed E-state index contributed by atoms with van der Waals surface area (Å²) < 4.78 is 5.02. The van der Waals surface area contributed by atoms with Gasteiger partial charge in [0.05, 0.1) is 14.1 Å². The van der Waals surface area contributed by atoms with Gasteiger partial charge >= 0.3 is 11.9 Å². The molecule has 0 aromatic carbocycles. The van der Waals surface area contributed by atoms with Crippen LogP contribution in [0.25, 0.3) is 0 Å². The van der Waals surface area contributed by atoms with Gasteiger partial charge in [0, 0.05) is 6.42 Å². The predicted octanol–water partition coefficient (Wildman–Crippen LogP) is 2.33. The van der Waals surface area contributed by atoms with Crippen LogP contribution in [-0.4, -0.2) is 36.1 Å². The Balaban J connectivity index is 2.90. The molecule has 0 saturated carbocycles. The van der Waals surface area contributed by atoms with Crippen molar-refractivity contribution in [3.8, 4) is 0 Å². The van der Waals surface area contributed by atoms with Gasteiger partial charge in [0.1, 0.15) is 11.3 Å². The highest BCUT2D eigenvalue weighted by molar-refractivity contribution is 6.29. The maximum atomic E-state index is 12.3. The second kappa shape index (κ2) is 5.53. The molecule has 1 amide bonds. The maximum absolute atomic E-state index is 12.3. The number of carbonyl (C=O) groups is 2. The lowest BCUT2D eigenvalue weighted by molar-refractivity contribution is -0.771. The highest BCUT2D eigenvalue weighted by Gasteiger charge is 2.39. The third kappa shape index (κ3) is 4.17. The normalized spacial score (nSPS) is 15.7. The average molecular weight is 264 g/mol. The lowest BCUT2D eigenvalue weighted by atomic mass is 10.2. The van der Waals surface area contributed by atoms with E-state index in [2.05, 4.69) is 0 Å². The fraction of sp³-hybridized carbons (Fsp3) is 0.467. The van der Waals surface area contributed by atoms with E-state index in [1.54, 1.807) is 34.9 Å². The summed E-state index contributed by atoms with van der Waals surface area (Å²) in [6.45, 7) is 5.23. The number of hydrogen-bond donors (Lipinski definition) is 0. The van der Waals surface area contributed by atoms with E-state index >= 15 is 0 Å². The number of esters is 1. The van der Waals surface area contributed by atoms with Crippen molar-refractivity contribution in [1.29, 1.82) is 0 Å². The summed E-state index contributed by atoms with van der Waals surface area (Å²) in [5.74, 6) is -1.36. The number of amides is 1. The number of hydrogen-bond acceptors (Lipinski definition) is 3. The molecular formula is C15H22NO3+.